The topological polar surface area (TPSA) is 109 Å². The molecule has 1 saturated heterocycles. The third-order valence-electron chi connectivity index (χ3n) is 3.38. The van der Waals surface area contributed by atoms with Gasteiger partial charge in [0, 0.05) is 13.5 Å². The van der Waals surface area contributed by atoms with Crippen molar-refractivity contribution in [1.29, 1.82) is 0 Å². The molecule has 2 atom stereocenters. The minimum Gasteiger partial charge on any atom is -0.480 e. The van der Waals surface area contributed by atoms with Gasteiger partial charge in [-0.15, -0.1) is 0 Å². The van der Waals surface area contributed by atoms with Crippen molar-refractivity contribution in [2.24, 2.45) is 5.92 Å². The van der Waals surface area contributed by atoms with Crippen LogP contribution in [0.15, 0.2) is 4.52 Å². The Kier molecular flexibility index (Phi) is 4.21. The third-order valence-corrected chi connectivity index (χ3v) is 3.38. The Morgan fingerprint density at radius 3 is 2.90 bits per heavy atom. The minimum atomic E-state index is -0.970. The van der Waals surface area contributed by atoms with E-state index in [1.807, 2.05) is 6.92 Å². The molecule has 0 radical (unpaired) electrons. The molecule has 0 aliphatic carbocycles. The van der Waals surface area contributed by atoms with Crippen LogP contribution in [0.25, 0.3) is 0 Å². The molecule has 110 valence electrons. The molecule has 8 nitrogen and oxygen atoms in total. The Labute approximate surface area is 116 Å². The second kappa shape index (κ2) is 5.89. The fraction of sp³-hybridized carbons (Fsp3) is 0.667. The van der Waals surface area contributed by atoms with Crippen molar-refractivity contribution in [2.45, 2.75) is 39.3 Å². The zero-order chi connectivity index (χ0) is 14.7. The molecule has 1 aliphatic rings. The van der Waals surface area contributed by atoms with Crippen molar-refractivity contribution in [2.75, 3.05) is 6.54 Å². The molecule has 1 fully saturated rings. The lowest BCUT2D eigenvalue weighted by Crippen LogP contribution is -2.53. The van der Waals surface area contributed by atoms with E-state index in [-0.39, 0.29) is 6.54 Å². The lowest BCUT2D eigenvalue weighted by molar-refractivity contribution is -0.143. The fourth-order valence-electron chi connectivity index (χ4n) is 2.29. The molecule has 1 aromatic rings. The number of piperidine rings is 1. The van der Waals surface area contributed by atoms with E-state index in [1.165, 1.54) is 4.90 Å². The van der Waals surface area contributed by atoms with E-state index in [4.69, 9.17) is 4.52 Å². The number of hydrogen-bond acceptors (Lipinski definition) is 5. The SMILES string of the molecule is Cc1nc(CNC(=O)N2CCC(C)CC2C(=O)O)no1. The van der Waals surface area contributed by atoms with Crippen LogP contribution in [-0.2, 0) is 11.3 Å². The van der Waals surface area contributed by atoms with Crippen molar-refractivity contribution in [3.05, 3.63) is 11.7 Å². The molecule has 0 aromatic carbocycles. The summed E-state index contributed by atoms with van der Waals surface area (Å²) >= 11 is 0. The van der Waals surface area contributed by atoms with Gasteiger partial charge in [0.25, 0.3) is 0 Å². The molecule has 2 unspecified atom stereocenters. The second-order valence-corrected chi connectivity index (χ2v) is 5.07. The number of carboxylic acid groups (broad SMARTS) is 1. The first-order valence-corrected chi connectivity index (χ1v) is 6.54. The van der Waals surface area contributed by atoms with Crippen molar-refractivity contribution in [3.63, 3.8) is 0 Å². The maximum atomic E-state index is 12.1. The van der Waals surface area contributed by atoms with Crippen molar-refractivity contribution in [1.82, 2.24) is 20.4 Å². The number of nitrogens with zero attached hydrogens (tertiary/aromatic N) is 3. The Hall–Kier alpha value is -2.12. The van der Waals surface area contributed by atoms with E-state index in [2.05, 4.69) is 15.5 Å². The van der Waals surface area contributed by atoms with Gasteiger partial charge in [-0.25, -0.2) is 9.59 Å². The molecule has 1 aliphatic heterocycles. The number of aromatic nitrogens is 2. The van der Waals surface area contributed by atoms with Crippen molar-refractivity contribution in [3.8, 4) is 0 Å². The summed E-state index contributed by atoms with van der Waals surface area (Å²) in [6.07, 6.45) is 1.28. The van der Waals surface area contributed by atoms with Gasteiger partial charge in [0.05, 0.1) is 6.54 Å². The van der Waals surface area contributed by atoms with Crippen LogP contribution >= 0.6 is 0 Å². The monoisotopic (exact) mass is 282 g/mol. The standard InChI is InChI=1S/C12H18N4O4/c1-7-3-4-16(9(5-7)11(17)18)12(19)13-6-10-14-8(2)20-15-10/h7,9H,3-6H2,1-2H3,(H,13,19)(H,17,18). The van der Waals surface area contributed by atoms with E-state index >= 15 is 0 Å². The highest BCUT2D eigenvalue weighted by atomic mass is 16.5. The maximum absolute atomic E-state index is 12.1. The Morgan fingerprint density at radius 1 is 1.55 bits per heavy atom. The predicted octanol–water partition coefficient (Wildman–Crippen LogP) is 0.773. The highest BCUT2D eigenvalue weighted by Gasteiger charge is 2.34. The molecule has 0 spiro atoms. The van der Waals surface area contributed by atoms with Gasteiger partial charge in [0.1, 0.15) is 6.04 Å². The van der Waals surface area contributed by atoms with E-state index in [9.17, 15) is 14.7 Å². The number of urea groups is 1. The van der Waals surface area contributed by atoms with Crippen molar-refractivity contribution >= 4 is 12.0 Å². The van der Waals surface area contributed by atoms with Crippen molar-refractivity contribution < 1.29 is 19.2 Å². The molecule has 2 heterocycles. The van der Waals surface area contributed by atoms with Gasteiger partial charge in [0.15, 0.2) is 5.82 Å². The van der Waals surface area contributed by atoms with Crippen LogP contribution in [0.3, 0.4) is 0 Å². The van der Waals surface area contributed by atoms with Gasteiger partial charge in [-0.05, 0) is 18.8 Å². The lowest BCUT2D eigenvalue weighted by Gasteiger charge is -2.35. The summed E-state index contributed by atoms with van der Waals surface area (Å²) in [6.45, 7) is 4.21. The zero-order valence-corrected chi connectivity index (χ0v) is 11.5. The molecule has 0 saturated carbocycles. The molecular weight excluding hydrogens is 264 g/mol. The van der Waals surface area contributed by atoms with Gasteiger partial charge in [-0.2, -0.15) is 4.98 Å². The minimum absolute atomic E-state index is 0.120. The van der Waals surface area contributed by atoms with Crippen LogP contribution in [0.1, 0.15) is 31.5 Å². The highest BCUT2D eigenvalue weighted by molar-refractivity contribution is 5.82. The first-order chi connectivity index (χ1) is 9.47. The number of carbonyl (C=O) groups excluding carboxylic acids is 1. The summed E-state index contributed by atoms with van der Waals surface area (Å²) in [4.78, 5) is 28.6. The largest absolute Gasteiger partial charge is 0.480 e. The number of likely N-dealkylation sites (tertiary alicyclic amines) is 1. The zero-order valence-electron chi connectivity index (χ0n) is 11.5. The van der Waals surface area contributed by atoms with Crippen LogP contribution < -0.4 is 5.32 Å². The molecule has 8 heteroatoms. The lowest BCUT2D eigenvalue weighted by atomic mass is 9.93. The summed E-state index contributed by atoms with van der Waals surface area (Å²) in [5, 5.41) is 15.5. The van der Waals surface area contributed by atoms with E-state index in [0.29, 0.717) is 30.6 Å². The smallest absolute Gasteiger partial charge is 0.326 e. The summed E-state index contributed by atoms with van der Waals surface area (Å²) in [6, 6.07) is -1.18. The van der Waals surface area contributed by atoms with Gasteiger partial charge >= 0.3 is 12.0 Å². The van der Waals surface area contributed by atoms with Crippen LogP contribution in [-0.4, -0.2) is 44.7 Å². The molecule has 20 heavy (non-hydrogen) atoms. The first-order valence-electron chi connectivity index (χ1n) is 6.54. The molecular formula is C12H18N4O4. The number of aliphatic carboxylic acids is 1. The average Bonchev–Trinajstić information content (AvgIpc) is 2.81. The van der Waals surface area contributed by atoms with Crippen LogP contribution in [0.2, 0.25) is 0 Å². The second-order valence-electron chi connectivity index (χ2n) is 5.07. The number of hydrogen-bond donors (Lipinski definition) is 2. The van der Waals surface area contributed by atoms with Crippen LogP contribution in [0.5, 0.6) is 0 Å². The van der Waals surface area contributed by atoms with Crippen LogP contribution in [0.4, 0.5) is 4.79 Å². The number of amides is 2. The fourth-order valence-corrected chi connectivity index (χ4v) is 2.29. The molecule has 2 rings (SSSR count). The highest BCUT2D eigenvalue weighted by Crippen LogP contribution is 2.22. The average molecular weight is 282 g/mol. The molecule has 1 aromatic heterocycles. The summed E-state index contributed by atoms with van der Waals surface area (Å²) in [5.41, 5.74) is 0. The number of nitrogens with one attached hydrogen (secondary N) is 1. The summed E-state index contributed by atoms with van der Waals surface area (Å²) < 4.78 is 4.80. The molecule has 0 bridgehead atoms. The van der Waals surface area contributed by atoms with Gasteiger partial charge < -0.3 is 19.8 Å². The quantitative estimate of drug-likeness (QED) is 0.847. The number of carbonyl (C=O) groups is 2. The number of carboxylic acids is 1. The maximum Gasteiger partial charge on any atom is 0.326 e. The molecule has 2 amide bonds. The number of rotatable bonds is 3. The summed E-state index contributed by atoms with van der Waals surface area (Å²) in [7, 11) is 0. The van der Waals surface area contributed by atoms with E-state index < -0.39 is 18.0 Å². The van der Waals surface area contributed by atoms with E-state index in [1.54, 1.807) is 6.92 Å². The predicted molar refractivity (Wildman–Crippen MR) is 67.8 cm³/mol. The van der Waals surface area contributed by atoms with Gasteiger partial charge in [-0.3, -0.25) is 0 Å². The Balaban J connectivity index is 1.94. The molecule has 2 N–H and O–H groups in total. The normalized spacial score (nSPS) is 22.6. The Bertz CT molecular complexity index is 501. The first kappa shape index (κ1) is 14.3. The Morgan fingerprint density at radius 2 is 2.30 bits per heavy atom. The van der Waals surface area contributed by atoms with E-state index in [0.717, 1.165) is 6.42 Å². The van der Waals surface area contributed by atoms with Crippen LogP contribution in [0, 0.1) is 12.8 Å². The van der Waals surface area contributed by atoms with Gasteiger partial charge in [0.2, 0.25) is 5.89 Å². The summed E-state index contributed by atoms with van der Waals surface area (Å²) in [5.74, 6) is 0.125. The third kappa shape index (κ3) is 3.25. The number of aryl methyl sites for hydroxylation is 1. The van der Waals surface area contributed by atoms with Gasteiger partial charge in [-0.1, -0.05) is 12.1 Å².